The third-order valence-electron chi connectivity index (χ3n) is 3.37. The van der Waals surface area contributed by atoms with Crippen LogP contribution in [0.25, 0.3) is 0 Å². The highest BCUT2D eigenvalue weighted by atomic mass is 16.5. The predicted molar refractivity (Wildman–Crippen MR) is 59.3 cm³/mol. The van der Waals surface area contributed by atoms with Gasteiger partial charge in [-0.15, -0.1) is 6.58 Å². The van der Waals surface area contributed by atoms with Crippen LogP contribution in [0.3, 0.4) is 0 Å². The molecule has 1 spiro atoms. The SMILES string of the molecule is C=CCC1=CC2(CCCCCC2)OC1. The van der Waals surface area contributed by atoms with Crippen molar-refractivity contribution >= 4 is 0 Å². The Morgan fingerprint density at radius 1 is 1.29 bits per heavy atom. The van der Waals surface area contributed by atoms with E-state index in [1.165, 1.54) is 44.1 Å². The summed E-state index contributed by atoms with van der Waals surface area (Å²) >= 11 is 0. The lowest BCUT2D eigenvalue weighted by molar-refractivity contribution is 0.0125. The zero-order valence-electron chi connectivity index (χ0n) is 8.93. The van der Waals surface area contributed by atoms with Gasteiger partial charge in [-0.1, -0.05) is 37.8 Å². The van der Waals surface area contributed by atoms with Gasteiger partial charge >= 0.3 is 0 Å². The van der Waals surface area contributed by atoms with E-state index in [9.17, 15) is 0 Å². The van der Waals surface area contributed by atoms with Crippen LogP contribution in [0.15, 0.2) is 24.3 Å². The van der Waals surface area contributed by atoms with Gasteiger partial charge in [0.2, 0.25) is 0 Å². The van der Waals surface area contributed by atoms with Gasteiger partial charge in [0.25, 0.3) is 0 Å². The average Bonchev–Trinajstić information content (AvgIpc) is 2.43. The first kappa shape index (κ1) is 9.97. The van der Waals surface area contributed by atoms with Gasteiger partial charge in [-0.05, 0) is 24.8 Å². The standard InChI is InChI=1S/C13H20O/c1-2-7-12-10-13(14-11-12)8-5-3-4-6-9-13/h2,10H,1,3-9,11H2. The number of hydrogen-bond donors (Lipinski definition) is 0. The van der Waals surface area contributed by atoms with Gasteiger partial charge in [0, 0.05) is 0 Å². The van der Waals surface area contributed by atoms with Gasteiger partial charge in [-0.2, -0.15) is 0 Å². The van der Waals surface area contributed by atoms with Crippen molar-refractivity contribution in [3.63, 3.8) is 0 Å². The lowest BCUT2D eigenvalue weighted by Gasteiger charge is -2.24. The quantitative estimate of drug-likeness (QED) is 0.607. The first-order valence-corrected chi connectivity index (χ1v) is 5.80. The number of ether oxygens (including phenoxy) is 1. The number of rotatable bonds is 2. The molecular formula is C13H20O. The van der Waals surface area contributed by atoms with Crippen LogP contribution in [0.2, 0.25) is 0 Å². The maximum atomic E-state index is 5.99. The van der Waals surface area contributed by atoms with Crippen LogP contribution in [-0.4, -0.2) is 12.2 Å². The Balaban J connectivity index is 2.04. The van der Waals surface area contributed by atoms with Gasteiger partial charge in [-0.3, -0.25) is 0 Å². The average molecular weight is 192 g/mol. The van der Waals surface area contributed by atoms with Crippen LogP contribution in [0, 0.1) is 0 Å². The molecule has 0 N–H and O–H groups in total. The van der Waals surface area contributed by atoms with E-state index >= 15 is 0 Å². The lowest BCUT2D eigenvalue weighted by Crippen LogP contribution is -2.25. The van der Waals surface area contributed by atoms with Crippen molar-refractivity contribution in [1.29, 1.82) is 0 Å². The molecule has 14 heavy (non-hydrogen) atoms. The summed E-state index contributed by atoms with van der Waals surface area (Å²) in [7, 11) is 0. The largest absolute Gasteiger partial charge is 0.367 e. The van der Waals surface area contributed by atoms with Crippen molar-refractivity contribution in [1.82, 2.24) is 0 Å². The fraction of sp³-hybridized carbons (Fsp3) is 0.692. The third-order valence-corrected chi connectivity index (χ3v) is 3.37. The summed E-state index contributed by atoms with van der Waals surface area (Å²) < 4.78 is 5.99. The molecule has 0 radical (unpaired) electrons. The van der Waals surface area contributed by atoms with Gasteiger partial charge < -0.3 is 4.74 Å². The van der Waals surface area contributed by atoms with E-state index in [1.54, 1.807) is 0 Å². The van der Waals surface area contributed by atoms with E-state index in [0.29, 0.717) is 0 Å². The fourth-order valence-corrected chi connectivity index (χ4v) is 2.61. The van der Waals surface area contributed by atoms with Crippen LogP contribution in [0.1, 0.15) is 44.9 Å². The predicted octanol–water partition coefficient (Wildman–Crippen LogP) is 3.61. The Bertz CT molecular complexity index is 232. The molecular weight excluding hydrogens is 172 g/mol. The Morgan fingerprint density at radius 2 is 2.00 bits per heavy atom. The van der Waals surface area contributed by atoms with E-state index in [4.69, 9.17) is 4.74 Å². The number of allylic oxidation sites excluding steroid dienone is 1. The Morgan fingerprint density at radius 3 is 2.64 bits per heavy atom. The minimum Gasteiger partial charge on any atom is -0.367 e. The summed E-state index contributed by atoms with van der Waals surface area (Å²) in [5.41, 5.74) is 1.55. The second-order valence-corrected chi connectivity index (χ2v) is 4.56. The molecule has 1 heterocycles. The highest BCUT2D eigenvalue weighted by molar-refractivity contribution is 5.20. The van der Waals surface area contributed by atoms with Crippen molar-refractivity contribution in [2.75, 3.05) is 6.61 Å². The molecule has 1 aliphatic carbocycles. The smallest absolute Gasteiger partial charge is 0.0870 e. The van der Waals surface area contributed by atoms with Crippen LogP contribution in [0.4, 0.5) is 0 Å². The first-order valence-electron chi connectivity index (χ1n) is 5.80. The second kappa shape index (κ2) is 4.31. The summed E-state index contributed by atoms with van der Waals surface area (Å²) in [6.45, 7) is 4.62. The van der Waals surface area contributed by atoms with E-state index in [0.717, 1.165) is 13.0 Å². The molecule has 0 bridgehead atoms. The van der Waals surface area contributed by atoms with Crippen molar-refractivity contribution < 1.29 is 4.74 Å². The van der Waals surface area contributed by atoms with E-state index in [2.05, 4.69) is 12.7 Å². The maximum absolute atomic E-state index is 5.99. The highest BCUT2D eigenvalue weighted by Gasteiger charge is 2.33. The molecule has 1 fully saturated rings. The molecule has 2 aliphatic rings. The maximum Gasteiger partial charge on any atom is 0.0870 e. The Hall–Kier alpha value is -0.560. The molecule has 1 saturated carbocycles. The lowest BCUT2D eigenvalue weighted by atomic mass is 9.93. The summed E-state index contributed by atoms with van der Waals surface area (Å²) in [5.74, 6) is 0. The highest BCUT2D eigenvalue weighted by Crippen LogP contribution is 2.37. The molecule has 0 atom stereocenters. The van der Waals surface area contributed by atoms with Gasteiger partial charge in [-0.25, -0.2) is 0 Å². The van der Waals surface area contributed by atoms with Crippen molar-refractivity contribution in [3.8, 4) is 0 Å². The minimum atomic E-state index is 0.120. The molecule has 0 saturated heterocycles. The molecule has 1 heteroatoms. The van der Waals surface area contributed by atoms with Crippen LogP contribution < -0.4 is 0 Å². The van der Waals surface area contributed by atoms with Gasteiger partial charge in [0.05, 0.1) is 12.2 Å². The third kappa shape index (κ3) is 2.09. The van der Waals surface area contributed by atoms with Gasteiger partial charge in [0.1, 0.15) is 0 Å². The summed E-state index contributed by atoms with van der Waals surface area (Å²) in [4.78, 5) is 0. The molecule has 1 aliphatic heterocycles. The Kier molecular flexibility index (Phi) is 3.07. The fourth-order valence-electron chi connectivity index (χ4n) is 2.61. The monoisotopic (exact) mass is 192 g/mol. The number of hydrogen-bond acceptors (Lipinski definition) is 1. The summed E-state index contributed by atoms with van der Waals surface area (Å²) in [6.07, 6.45) is 13.3. The van der Waals surface area contributed by atoms with Crippen LogP contribution in [0.5, 0.6) is 0 Å². The topological polar surface area (TPSA) is 9.23 Å². The van der Waals surface area contributed by atoms with Crippen LogP contribution >= 0.6 is 0 Å². The molecule has 0 amide bonds. The van der Waals surface area contributed by atoms with E-state index < -0.39 is 0 Å². The summed E-state index contributed by atoms with van der Waals surface area (Å²) in [5, 5.41) is 0. The van der Waals surface area contributed by atoms with E-state index in [1.807, 2.05) is 6.08 Å². The van der Waals surface area contributed by atoms with E-state index in [-0.39, 0.29) is 5.60 Å². The zero-order chi connectivity index (χ0) is 9.86. The summed E-state index contributed by atoms with van der Waals surface area (Å²) in [6, 6.07) is 0. The van der Waals surface area contributed by atoms with Crippen molar-refractivity contribution in [2.45, 2.75) is 50.5 Å². The van der Waals surface area contributed by atoms with Gasteiger partial charge in [0.15, 0.2) is 0 Å². The molecule has 0 aromatic heterocycles. The van der Waals surface area contributed by atoms with Crippen molar-refractivity contribution in [2.24, 2.45) is 0 Å². The first-order chi connectivity index (χ1) is 6.85. The molecule has 2 rings (SSSR count). The normalized spacial score (nSPS) is 25.9. The van der Waals surface area contributed by atoms with Crippen LogP contribution in [-0.2, 0) is 4.74 Å². The molecule has 0 aromatic rings. The zero-order valence-corrected chi connectivity index (χ0v) is 8.93. The molecule has 0 aromatic carbocycles. The van der Waals surface area contributed by atoms with Crippen molar-refractivity contribution in [3.05, 3.63) is 24.3 Å². The molecule has 0 unspecified atom stereocenters. The second-order valence-electron chi connectivity index (χ2n) is 4.56. The molecule has 1 nitrogen and oxygen atoms in total. The minimum absolute atomic E-state index is 0.120. The Labute approximate surface area is 86.8 Å². The molecule has 78 valence electrons.